The maximum atomic E-state index is 12.7. The van der Waals surface area contributed by atoms with E-state index in [0.717, 1.165) is 4.31 Å². The second kappa shape index (κ2) is 9.22. The van der Waals surface area contributed by atoms with Gasteiger partial charge in [0.05, 0.1) is 36.6 Å². The third-order valence-corrected chi connectivity index (χ3v) is 6.79. The van der Waals surface area contributed by atoms with Gasteiger partial charge < -0.3 is 14.0 Å². The number of aromatic nitrogens is 2. The van der Waals surface area contributed by atoms with Gasteiger partial charge in [0.1, 0.15) is 0 Å². The molecule has 3 rings (SSSR count). The van der Waals surface area contributed by atoms with Crippen molar-refractivity contribution in [2.45, 2.75) is 12.3 Å². The zero-order valence-electron chi connectivity index (χ0n) is 16.4. The molecule has 0 N–H and O–H groups in total. The third-order valence-electron chi connectivity index (χ3n) is 4.28. The van der Waals surface area contributed by atoms with Gasteiger partial charge in [0.15, 0.2) is 11.5 Å². The molecule has 160 valence electrons. The highest BCUT2D eigenvalue weighted by Gasteiger charge is 2.22. The Morgan fingerprint density at radius 3 is 2.43 bits per heavy atom. The summed E-state index contributed by atoms with van der Waals surface area (Å²) in [5.41, 5.74) is 1.16. The number of ether oxygens (including phenoxy) is 2. The molecule has 0 aliphatic carbocycles. The maximum Gasteiger partial charge on any atom is 0.242 e. The van der Waals surface area contributed by atoms with E-state index in [4.69, 9.17) is 37.2 Å². The molecule has 2 aromatic carbocycles. The van der Waals surface area contributed by atoms with E-state index >= 15 is 0 Å². The van der Waals surface area contributed by atoms with Gasteiger partial charge in [-0.15, -0.1) is 0 Å². The Morgan fingerprint density at radius 2 is 1.77 bits per heavy atom. The molecule has 1 aromatic heterocycles. The van der Waals surface area contributed by atoms with E-state index in [-0.39, 0.29) is 18.2 Å². The molecule has 11 heteroatoms. The van der Waals surface area contributed by atoms with Crippen molar-refractivity contribution in [1.82, 2.24) is 14.4 Å². The molecule has 3 aromatic rings. The molecule has 0 saturated heterocycles. The predicted octanol–water partition coefficient (Wildman–Crippen LogP) is 4.02. The van der Waals surface area contributed by atoms with E-state index in [1.807, 2.05) is 0 Å². The second-order valence-electron chi connectivity index (χ2n) is 6.34. The molecular formula is C19H19Cl2N3O5S. The van der Waals surface area contributed by atoms with Crippen LogP contribution in [-0.4, -0.2) is 44.1 Å². The first-order chi connectivity index (χ1) is 14.2. The summed E-state index contributed by atoms with van der Waals surface area (Å²) in [6.45, 7) is -0.0794. The fraction of sp³-hybridized carbons (Fsp3) is 0.263. The molecule has 0 fully saturated rings. The van der Waals surface area contributed by atoms with Crippen LogP contribution < -0.4 is 9.47 Å². The van der Waals surface area contributed by atoms with Gasteiger partial charge in [-0.3, -0.25) is 0 Å². The fourth-order valence-corrected chi connectivity index (χ4v) is 4.10. The second-order valence-corrected chi connectivity index (χ2v) is 9.23. The Hall–Kier alpha value is -2.33. The van der Waals surface area contributed by atoms with Gasteiger partial charge >= 0.3 is 0 Å². The number of hydrogen-bond acceptors (Lipinski definition) is 7. The third kappa shape index (κ3) is 5.04. The van der Waals surface area contributed by atoms with Crippen LogP contribution in [0.25, 0.3) is 11.4 Å². The number of hydrogen-bond donors (Lipinski definition) is 0. The molecular weight excluding hydrogens is 453 g/mol. The first-order valence-electron chi connectivity index (χ1n) is 8.66. The number of rotatable bonds is 8. The van der Waals surface area contributed by atoms with Crippen LogP contribution in [-0.2, 0) is 22.3 Å². The van der Waals surface area contributed by atoms with Crippen molar-refractivity contribution in [3.63, 3.8) is 0 Å². The van der Waals surface area contributed by atoms with Crippen LogP contribution in [0.5, 0.6) is 11.5 Å². The lowest BCUT2D eigenvalue weighted by Crippen LogP contribution is -2.27. The van der Waals surface area contributed by atoms with Crippen LogP contribution in [0.15, 0.2) is 40.9 Å². The fourth-order valence-electron chi connectivity index (χ4n) is 2.65. The quantitative estimate of drug-likeness (QED) is 0.489. The highest BCUT2D eigenvalue weighted by molar-refractivity contribution is 7.88. The number of benzene rings is 2. The molecule has 8 nitrogen and oxygen atoms in total. The van der Waals surface area contributed by atoms with Crippen molar-refractivity contribution in [2.24, 2.45) is 0 Å². The average Bonchev–Trinajstić information content (AvgIpc) is 3.18. The molecule has 0 saturated carbocycles. The predicted molar refractivity (Wildman–Crippen MR) is 113 cm³/mol. The molecule has 0 spiro atoms. The van der Waals surface area contributed by atoms with Gasteiger partial charge in [-0.2, -0.15) is 9.29 Å². The highest BCUT2D eigenvalue weighted by Crippen LogP contribution is 2.31. The Kier molecular flexibility index (Phi) is 6.87. The summed E-state index contributed by atoms with van der Waals surface area (Å²) in [6, 6.07) is 9.87. The first-order valence-corrected chi connectivity index (χ1v) is 11.0. The molecule has 0 aliphatic heterocycles. The zero-order chi connectivity index (χ0) is 21.9. The summed E-state index contributed by atoms with van der Waals surface area (Å²) in [5, 5.41) is 4.58. The standard InChI is InChI=1S/C19H19Cl2N3O5S/c1-24(30(25,26)11-12-4-6-14(20)15(21)8-12)10-18-22-19(23-29-18)13-5-7-16(27-2)17(9-13)28-3/h4-9H,10-11H2,1-3H3. The molecule has 0 unspecified atom stereocenters. The molecule has 0 atom stereocenters. The lowest BCUT2D eigenvalue weighted by atomic mass is 10.2. The summed E-state index contributed by atoms with van der Waals surface area (Å²) in [5.74, 6) is 1.30. The minimum absolute atomic E-state index is 0.0794. The van der Waals surface area contributed by atoms with E-state index in [0.29, 0.717) is 38.5 Å². The van der Waals surface area contributed by atoms with E-state index in [1.54, 1.807) is 30.3 Å². The Morgan fingerprint density at radius 1 is 1.03 bits per heavy atom. The average molecular weight is 472 g/mol. The zero-order valence-corrected chi connectivity index (χ0v) is 18.8. The van der Waals surface area contributed by atoms with Crippen molar-refractivity contribution in [2.75, 3.05) is 21.3 Å². The number of methoxy groups -OCH3 is 2. The maximum absolute atomic E-state index is 12.7. The minimum atomic E-state index is -3.65. The largest absolute Gasteiger partial charge is 0.493 e. The lowest BCUT2D eigenvalue weighted by molar-refractivity contribution is 0.336. The van der Waals surface area contributed by atoms with Gasteiger partial charge in [0.2, 0.25) is 21.7 Å². The smallest absolute Gasteiger partial charge is 0.242 e. The van der Waals surface area contributed by atoms with Gasteiger partial charge in [-0.1, -0.05) is 34.4 Å². The summed E-state index contributed by atoms with van der Waals surface area (Å²) >= 11 is 11.8. The molecule has 0 radical (unpaired) electrons. The van der Waals surface area contributed by atoms with Crippen LogP contribution in [0.4, 0.5) is 0 Å². The van der Waals surface area contributed by atoms with Crippen LogP contribution in [0, 0.1) is 0 Å². The van der Waals surface area contributed by atoms with Crippen LogP contribution in [0.2, 0.25) is 10.0 Å². The van der Waals surface area contributed by atoms with Crippen LogP contribution in [0.3, 0.4) is 0 Å². The van der Waals surface area contributed by atoms with Crippen molar-refractivity contribution in [3.8, 4) is 22.9 Å². The number of halogens is 2. The van der Waals surface area contributed by atoms with Gasteiger partial charge in [-0.25, -0.2) is 8.42 Å². The van der Waals surface area contributed by atoms with Crippen molar-refractivity contribution < 1.29 is 22.4 Å². The van der Waals surface area contributed by atoms with Crippen LogP contribution in [0.1, 0.15) is 11.5 Å². The monoisotopic (exact) mass is 471 g/mol. The molecule has 0 bridgehead atoms. The SMILES string of the molecule is COc1ccc(-c2noc(CN(C)S(=O)(=O)Cc3ccc(Cl)c(Cl)c3)n2)cc1OC. The Labute approximate surface area is 184 Å². The van der Waals surface area contributed by atoms with E-state index < -0.39 is 10.0 Å². The van der Waals surface area contributed by atoms with Gasteiger partial charge in [0.25, 0.3) is 0 Å². The van der Waals surface area contributed by atoms with Gasteiger partial charge in [-0.05, 0) is 35.9 Å². The van der Waals surface area contributed by atoms with E-state index in [2.05, 4.69) is 10.1 Å². The molecule has 30 heavy (non-hydrogen) atoms. The highest BCUT2D eigenvalue weighted by atomic mass is 35.5. The summed E-state index contributed by atoms with van der Waals surface area (Å²) in [7, 11) is 0.853. The van der Waals surface area contributed by atoms with Gasteiger partial charge in [0, 0.05) is 12.6 Å². The Bertz CT molecular complexity index is 1150. The lowest BCUT2D eigenvalue weighted by Gasteiger charge is -2.15. The molecule has 1 heterocycles. The van der Waals surface area contributed by atoms with Crippen molar-refractivity contribution in [3.05, 3.63) is 57.9 Å². The topological polar surface area (TPSA) is 94.8 Å². The van der Waals surface area contributed by atoms with Crippen molar-refractivity contribution >= 4 is 33.2 Å². The van der Waals surface area contributed by atoms with Crippen LogP contribution >= 0.6 is 23.2 Å². The minimum Gasteiger partial charge on any atom is -0.493 e. The normalized spacial score (nSPS) is 11.7. The number of nitrogens with zero attached hydrogens (tertiary/aromatic N) is 3. The summed E-state index contributed by atoms with van der Waals surface area (Å²) < 4.78 is 42.2. The molecule has 0 aliphatic rings. The van der Waals surface area contributed by atoms with E-state index in [9.17, 15) is 8.42 Å². The van der Waals surface area contributed by atoms with Crippen molar-refractivity contribution in [1.29, 1.82) is 0 Å². The summed E-state index contributed by atoms with van der Waals surface area (Å²) in [4.78, 5) is 4.28. The van der Waals surface area contributed by atoms with E-state index in [1.165, 1.54) is 27.3 Å². The number of sulfonamides is 1. The summed E-state index contributed by atoms with van der Waals surface area (Å²) in [6.07, 6.45) is 0. The first kappa shape index (κ1) is 22.4. The molecule has 0 amide bonds. The Balaban J connectivity index is 1.74.